The Morgan fingerprint density at radius 3 is 2.87 bits per heavy atom. The molecule has 2 rings (SSSR count). The van der Waals surface area contributed by atoms with Gasteiger partial charge in [-0.3, -0.25) is 4.68 Å². The summed E-state index contributed by atoms with van der Waals surface area (Å²) in [5, 5.41) is 13.8. The average Bonchev–Trinajstić information content (AvgIpc) is 2.41. The monoisotopic (exact) mass is 269 g/mol. The van der Waals surface area contributed by atoms with E-state index in [-0.39, 0.29) is 5.56 Å². The molecule has 0 bridgehead atoms. The molecule has 1 N–H and O–H groups in total. The number of carboxylic acid groups (broad SMARTS) is 1. The smallest absolute Gasteiger partial charge is 0.336 e. The lowest BCUT2D eigenvalue weighted by molar-refractivity contribution is 0.0699. The van der Waals surface area contributed by atoms with E-state index < -0.39 is 5.97 Å². The minimum atomic E-state index is -0.973. The van der Waals surface area contributed by atoms with Crippen molar-refractivity contribution in [3.05, 3.63) is 21.9 Å². The van der Waals surface area contributed by atoms with Crippen molar-refractivity contribution >= 4 is 32.9 Å². The number of aromatic nitrogens is 3. The molecule has 0 unspecified atom stereocenters. The van der Waals surface area contributed by atoms with Gasteiger partial charge in [-0.15, -0.1) is 0 Å². The van der Waals surface area contributed by atoms with Crippen molar-refractivity contribution in [1.29, 1.82) is 0 Å². The van der Waals surface area contributed by atoms with Gasteiger partial charge in [-0.25, -0.2) is 9.78 Å². The van der Waals surface area contributed by atoms with Gasteiger partial charge in [0.25, 0.3) is 0 Å². The minimum absolute atomic E-state index is 0.220. The lowest BCUT2D eigenvalue weighted by atomic mass is 10.1. The van der Waals surface area contributed by atoms with Gasteiger partial charge in [0.15, 0.2) is 5.65 Å². The molecule has 0 amide bonds. The van der Waals surface area contributed by atoms with Crippen LogP contribution in [0.15, 0.2) is 10.7 Å². The number of fused-ring (bicyclic) bond motifs is 1. The summed E-state index contributed by atoms with van der Waals surface area (Å²) in [7, 11) is 1.74. The quantitative estimate of drug-likeness (QED) is 0.801. The Balaban J connectivity index is 2.96. The predicted molar refractivity (Wildman–Crippen MR) is 57.9 cm³/mol. The molecule has 2 aromatic heterocycles. The van der Waals surface area contributed by atoms with E-state index in [1.54, 1.807) is 18.7 Å². The number of halogens is 1. The van der Waals surface area contributed by atoms with Crippen LogP contribution < -0.4 is 0 Å². The van der Waals surface area contributed by atoms with Gasteiger partial charge < -0.3 is 5.11 Å². The standard InChI is InChI=1S/C9H8BrN3O2/c1-4-7-5(9(14)15)3-6(10)11-8(7)13(2)12-4/h3H,1-2H3,(H,14,15). The summed E-state index contributed by atoms with van der Waals surface area (Å²) in [5.41, 5.74) is 1.46. The Morgan fingerprint density at radius 1 is 1.60 bits per heavy atom. The van der Waals surface area contributed by atoms with Crippen LogP contribution in [0.25, 0.3) is 11.0 Å². The number of nitrogens with zero attached hydrogens (tertiary/aromatic N) is 3. The lowest BCUT2D eigenvalue weighted by Gasteiger charge is -1.99. The molecule has 0 spiro atoms. The van der Waals surface area contributed by atoms with Crippen LogP contribution in [-0.4, -0.2) is 25.8 Å². The molecule has 0 saturated carbocycles. The molecule has 0 aliphatic carbocycles. The zero-order valence-corrected chi connectivity index (χ0v) is 9.74. The van der Waals surface area contributed by atoms with Crippen molar-refractivity contribution < 1.29 is 9.90 Å². The van der Waals surface area contributed by atoms with Gasteiger partial charge in [0.05, 0.1) is 16.6 Å². The van der Waals surface area contributed by atoms with Gasteiger partial charge in [-0.2, -0.15) is 5.10 Å². The van der Waals surface area contributed by atoms with Crippen LogP contribution in [0.1, 0.15) is 16.1 Å². The first-order chi connectivity index (χ1) is 7.00. The van der Waals surface area contributed by atoms with Gasteiger partial charge in [0.1, 0.15) is 4.60 Å². The molecule has 15 heavy (non-hydrogen) atoms. The predicted octanol–water partition coefficient (Wildman–Crippen LogP) is 1.74. The second-order valence-electron chi connectivity index (χ2n) is 3.21. The van der Waals surface area contributed by atoms with Crippen LogP contribution >= 0.6 is 15.9 Å². The number of rotatable bonds is 1. The third-order valence-electron chi connectivity index (χ3n) is 2.17. The summed E-state index contributed by atoms with van der Waals surface area (Å²) in [6.45, 7) is 1.77. The third-order valence-corrected chi connectivity index (χ3v) is 2.57. The Labute approximate surface area is 93.9 Å². The Hall–Kier alpha value is -1.43. The van der Waals surface area contributed by atoms with Crippen molar-refractivity contribution in [1.82, 2.24) is 14.8 Å². The molecule has 0 aliphatic rings. The molecule has 0 radical (unpaired) electrons. The fourth-order valence-electron chi connectivity index (χ4n) is 1.58. The first-order valence-electron chi connectivity index (χ1n) is 4.24. The molecular weight excluding hydrogens is 262 g/mol. The number of hydrogen-bond donors (Lipinski definition) is 1. The van der Waals surface area contributed by atoms with Crippen LogP contribution in [0, 0.1) is 6.92 Å². The van der Waals surface area contributed by atoms with Crippen molar-refractivity contribution in [3.63, 3.8) is 0 Å². The van der Waals surface area contributed by atoms with Crippen molar-refractivity contribution in [2.75, 3.05) is 0 Å². The molecule has 0 atom stereocenters. The fourth-order valence-corrected chi connectivity index (χ4v) is 1.98. The maximum Gasteiger partial charge on any atom is 0.336 e. The number of aryl methyl sites for hydroxylation is 2. The highest BCUT2D eigenvalue weighted by molar-refractivity contribution is 9.10. The van der Waals surface area contributed by atoms with Gasteiger partial charge in [-0.05, 0) is 28.9 Å². The van der Waals surface area contributed by atoms with Crippen molar-refractivity contribution in [3.8, 4) is 0 Å². The van der Waals surface area contributed by atoms with Crippen LogP contribution in [0.5, 0.6) is 0 Å². The Kier molecular flexibility index (Phi) is 2.22. The van der Waals surface area contributed by atoms with E-state index in [4.69, 9.17) is 5.11 Å². The SMILES string of the molecule is Cc1nn(C)c2nc(Br)cc(C(=O)O)c12. The van der Waals surface area contributed by atoms with Crippen LogP contribution in [0.4, 0.5) is 0 Å². The lowest BCUT2D eigenvalue weighted by Crippen LogP contribution is -2.00. The van der Waals surface area contributed by atoms with E-state index >= 15 is 0 Å². The second kappa shape index (κ2) is 3.30. The Morgan fingerprint density at radius 2 is 2.27 bits per heavy atom. The normalized spacial score (nSPS) is 10.9. The number of carboxylic acids is 1. The van der Waals surface area contributed by atoms with E-state index in [0.717, 1.165) is 0 Å². The highest BCUT2D eigenvalue weighted by Gasteiger charge is 2.16. The number of aromatic carboxylic acids is 1. The summed E-state index contributed by atoms with van der Waals surface area (Å²) in [6.07, 6.45) is 0. The zero-order valence-electron chi connectivity index (χ0n) is 8.15. The van der Waals surface area contributed by atoms with Crippen LogP contribution in [0.3, 0.4) is 0 Å². The average molecular weight is 270 g/mol. The molecule has 0 aliphatic heterocycles. The van der Waals surface area contributed by atoms with E-state index in [0.29, 0.717) is 21.3 Å². The van der Waals surface area contributed by atoms with E-state index in [2.05, 4.69) is 26.0 Å². The minimum Gasteiger partial charge on any atom is -0.478 e. The van der Waals surface area contributed by atoms with Gasteiger partial charge in [-0.1, -0.05) is 0 Å². The first kappa shape index (κ1) is 10.1. The second-order valence-corrected chi connectivity index (χ2v) is 4.02. The summed E-state index contributed by atoms with van der Waals surface area (Å²) in [6, 6.07) is 1.49. The highest BCUT2D eigenvalue weighted by atomic mass is 79.9. The highest BCUT2D eigenvalue weighted by Crippen LogP contribution is 2.23. The number of hydrogen-bond acceptors (Lipinski definition) is 3. The van der Waals surface area contributed by atoms with E-state index in [9.17, 15) is 4.79 Å². The molecular formula is C9H8BrN3O2. The third kappa shape index (κ3) is 1.50. The molecule has 0 aromatic carbocycles. The summed E-state index contributed by atoms with van der Waals surface area (Å²) < 4.78 is 2.07. The van der Waals surface area contributed by atoms with Gasteiger partial charge in [0.2, 0.25) is 0 Å². The molecule has 6 heteroatoms. The van der Waals surface area contributed by atoms with Crippen LogP contribution in [0.2, 0.25) is 0 Å². The molecule has 0 saturated heterocycles. The summed E-state index contributed by atoms with van der Waals surface area (Å²) in [4.78, 5) is 15.2. The van der Waals surface area contributed by atoms with Gasteiger partial charge in [0, 0.05) is 7.05 Å². The maximum absolute atomic E-state index is 11.0. The number of carbonyl (C=O) groups is 1. The van der Waals surface area contributed by atoms with E-state index in [1.165, 1.54) is 6.07 Å². The Bertz CT molecular complexity index is 562. The topological polar surface area (TPSA) is 68.0 Å². The largest absolute Gasteiger partial charge is 0.478 e. The number of pyridine rings is 1. The maximum atomic E-state index is 11.0. The molecule has 2 aromatic rings. The molecule has 78 valence electrons. The van der Waals surface area contributed by atoms with Gasteiger partial charge >= 0.3 is 5.97 Å². The first-order valence-corrected chi connectivity index (χ1v) is 5.03. The van der Waals surface area contributed by atoms with Crippen molar-refractivity contribution in [2.45, 2.75) is 6.92 Å². The molecule has 2 heterocycles. The zero-order chi connectivity index (χ0) is 11.2. The fraction of sp³-hybridized carbons (Fsp3) is 0.222. The molecule has 0 fully saturated rings. The van der Waals surface area contributed by atoms with E-state index in [1.807, 2.05) is 0 Å². The molecule has 5 nitrogen and oxygen atoms in total. The summed E-state index contributed by atoms with van der Waals surface area (Å²) >= 11 is 3.18. The van der Waals surface area contributed by atoms with Crippen LogP contribution in [-0.2, 0) is 7.05 Å². The summed E-state index contributed by atoms with van der Waals surface area (Å²) in [5.74, 6) is -0.973. The van der Waals surface area contributed by atoms with Crippen molar-refractivity contribution in [2.24, 2.45) is 7.05 Å².